The molecule has 0 fully saturated rings. The molecule has 0 atom stereocenters. The monoisotopic (exact) mass is 347 g/mol. The number of benzene rings is 2. The molecule has 0 aliphatic heterocycles. The molecule has 4 nitrogen and oxygen atoms in total. The summed E-state index contributed by atoms with van der Waals surface area (Å²) in [5, 5.41) is 2.98. The highest BCUT2D eigenvalue weighted by Crippen LogP contribution is 2.15. The van der Waals surface area contributed by atoms with E-state index in [0.29, 0.717) is 18.0 Å². The maximum atomic E-state index is 12.5. The molecule has 4 heteroatoms. The third kappa shape index (κ3) is 5.06. The van der Waals surface area contributed by atoms with E-state index in [1.807, 2.05) is 47.2 Å². The maximum absolute atomic E-state index is 12.5. The lowest BCUT2D eigenvalue weighted by Gasteiger charge is -2.09. The highest BCUT2D eigenvalue weighted by Gasteiger charge is 2.07. The fourth-order valence-electron chi connectivity index (χ4n) is 2.82. The predicted molar refractivity (Wildman–Crippen MR) is 105 cm³/mol. The Bertz CT molecular complexity index is 836. The number of nitrogens with one attached hydrogen (secondary N) is 1. The summed E-state index contributed by atoms with van der Waals surface area (Å²) in [4.78, 5) is 16.6. The standard InChI is InChI=1S/C22H25N3O/c1-17(2)6-7-18-8-10-21(11-9-18)24-22(26)20-5-3-4-19(14-20)15-25-13-12-23-16-25/h3-5,8-14,16-17H,6-7,15H2,1-2H3,(H,24,26). The highest BCUT2D eigenvalue weighted by molar-refractivity contribution is 6.04. The normalized spacial score (nSPS) is 10.9. The molecule has 0 spiro atoms. The van der Waals surface area contributed by atoms with Crippen LogP contribution in [0.15, 0.2) is 67.3 Å². The number of hydrogen-bond acceptors (Lipinski definition) is 2. The average molecular weight is 347 g/mol. The second-order valence-corrected chi connectivity index (χ2v) is 7.02. The zero-order valence-electron chi connectivity index (χ0n) is 15.4. The minimum Gasteiger partial charge on any atom is -0.333 e. The Morgan fingerprint density at radius 1 is 1.12 bits per heavy atom. The van der Waals surface area contributed by atoms with Crippen LogP contribution in [0.1, 0.15) is 41.8 Å². The van der Waals surface area contributed by atoms with Gasteiger partial charge in [-0.2, -0.15) is 0 Å². The third-order valence-corrected chi connectivity index (χ3v) is 4.34. The van der Waals surface area contributed by atoms with Gasteiger partial charge >= 0.3 is 0 Å². The number of imidazole rings is 1. The van der Waals surface area contributed by atoms with Crippen molar-refractivity contribution in [1.82, 2.24) is 9.55 Å². The van der Waals surface area contributed by atoms with Crippen molar-refractivity contribution >= 4 is 11.6 Å². The van der Waals surface area contributed by atoms with Crippen LogP contribution in [0.25, 0.3) is 0 Å². The van der Waals surface area contributed by atoms with E-state index in [0.717, 1.165) is 17.7 Å². The zero-order chi connectivity index (χ0) is 18.4. The van der Waals surface area contributed by atoms with Crippen molar-refractivity contribution in [2.45, 2.75) is 33.2 Å². The Morgan fingerprint density at radius 3 is 2.62 bits per heavy atom. The van der Waals surface area contributed by atoms with Crippen molar-refractivity contribution in [3.63, 3.8) is 0 Å². The van der Waals surface area contributed by atoms with E-state index in [2.05, 4.69) is 36.3 Å². The number of aryl methyl sites for hydroxylation is 1. The Kier molecular flexibility index (Phi) is 5.84. The molecule has 1 N–H and O–H groups in total. The molecule has 0 radical (unpaired) electrons. The topological polar surface area (TPSA) is 46.9 Å². The van der Waals surface area contributed by atoms with Crippen LogP contribution in [-0.4, -0.2) is 15.5 Å². The van der Waals surface area contributed by atoms with Crippen LogP contribution in [0.5, 0.6) is 0 Å². The molecule has 134 valence electrons. The van der Waals surface area contributed by atoms with E-state index in [-0.39, 0.29) is 5.91 Å². The molecule has 0 aliphatic carbocycles. The smallest absolute Gasteiger partial charge is 0.255 e. The van der Waals surface area contributed by atoms with Gasteiger partial charge in [-0.1, -0.05) is 38.1 Å². The van der Waals surface area contributed by atoms with Gasteiger partial charge in [-0.05, 0) is 54.2 Å². The van der Waals surface area contributed by atoms with Gasteiger partial charge in [0.15, 0.2) is 0 Å². The predicted octanol–water partition coefficient (Wildman–Crippen LogP) is 4.77. The number of aromatic nitrogens is 2. The van der Waals surface area contributed by atoms with Crippen LogP contribution in [0.3, 0.4) is 0 Å². The zero-order valence-corrected chi connectivity index (χ0v) is 15.4. The molecular formula is C22H25N3O. The number of nitrogens with zero attached hydrogens (tertiary/aromatic N) is 2. The van der Waals surface area contributed by atoms with Gasteiger partial charge in [-0.3, -0.25) is 4.79 Å². The SMILES string of the molecule is CC(C)CCc1ccc(NC(=O)c2cccc(Cn3ccnc3)c2)cc1. The highest BCUT2D eigenvalue weighted by atomic mass is 16.1. The molecule has 0 saturated carbocycles. The minimum absolute atomic E-state index is 0.0904. The molecule has 0 bridgehead atoms. The van der Waals surface area contributed by atoms with Crippen LogP contribution in [0.4, 0.5) is 5.69 Å². The summed E-state index contributed by atoms with van der Waals surface area (Å²) >= 11 is 0. The molecule has 3 rings (SSSR count). The van der Waals surface area contributed by atoms with Crippen molar-refractivity contribution in [2.75, 3.05) is 5.32 Å². The van der Waals surface area contributed by atoms with Crippen molar-refractivity contribution in [3.05, 3.63) is 83.9 Å². The summed E-state index contributed by atoms with van der Waals surface area (Å²) in [6, 6.07) is 15.8. The van der Waals surface area contributed by atoms with Gasteiger partial charge in [0.2, 0.25) is 0 Å². The van der Waals surface area contributed by atoms with Crippen molar-refractivity contribution in [1.29, 1.82) is 0 Å². The first kappa shape index (κ1) is 17.9. The van der Waals surface area contributed by atoms with E-state index in [4.69, 9.17) is 0 Å². The van der Waals surface area contributed by atoms with Crippen LogP contribution in [0, 0.1) is 5.92 Å². The van der Waals surface area contributed by atoms with E-state index >= 15 is 0 Å². The number of carbonyl (C=O) groups excluding carboxylic acids is 1. The Morgan fingerprint density at radius 2 is 1.92 bits per heavy atom. The third-order valence-electron chi connectivity index (χ3n) is 4.34. The van der Waals surface area contributed by atoms with Gasteiger partial charge in [0.05, 0.1) is 6.33 Å². The van der Waals surface area contributed by atoms with E-state index in [9.17, 15) is 4.79 Å². The van der Waals surface area contributed by atoms with Crippen LogP contribution in [-0.2, 0) is 13.0 Å². The largest absolute Gasteiger partial charge is 0.333 e. The lowest BCUT2D eigenvalue weighted by molar-refractivity contribution is 0.102. The van der Waals surface area contributed by atoms with Crippen LogP contribution in [0.2, 0.25) is 0 Å². The summed E-state index contributed by atoms with van der Waals surface area (Å²) in [5.41, 5.74) is 3.86. The van der Waals surface area contributed by atoms with E-state index in [1.54, 1.807) is 12.5 Å². The molecule has 1 heterocycles. The number of rotatable bonds is 7. The molecule has 0 aliphatic rings. The molecule has 0 unspecified atom stereocenters. The molecular weight excluding hydrogens is 322 g/mol. The Hall–Kier alpha value is -2.88. The Labute approximate surface area is 154 Å². The van der Waals surface area contributed by atoms with E-state index < -0.39 is 0 Å². The minimum atomic E-state index is -0.0904. The fraction of sp³-hybridized carbons (Fsp3) is 0.273. The molecule has 2 aromatic carbocycles. The van der Waals surface area contributed by atoms with Gasteiger partial charge in [0, 0.05) is 30.2 Å². The number of carbonyl (C=O) groups is 1. The quantitative estimate of drug-likeness (QED) is 0.669. The first-order valence-corrected chi connectivity index (χ1v) is 9.05. The van der Waals surface area contributed by atoms with Crippen molar-refractivity contribution < 1.29 is 4.79 Å². The average Bonchev–Trinajstić information content (AvgIpc) is 3.14. The summed E-state index contributed by atoms with van der Waals surface area (Å²) in [6.45, 7) is 5.16. The van der Waals surface area contributed by atoms with Crippen LogP contribution >= 0.6 is 0 Å². The second kappa shape index (κ2) is 8.48. The Balaban J connectivity index is 1.62. The summed E-state index contributed by atoms with van der Waals surface area (Å²) in [6.07, 6.45) is 7.68. The van der Waals surface area contributed by atoms with Gasteiger partial charge in [0.25, 0.3) is 5.91 Å². The number of hydrogen-bond donors (Lipinski definition) is 1. The molecule has 1 aromatic heterocycles. The lowest BCUT2D eigenvalue weighted by Crippen LogP contribution is -2.12. The molecule has 26 heavy (non-hydrogen) atoms. The summed E-state index contributed by atoms with van der Waals surface area (Å²) in [5.74, 6) is 0.608. The van der Waals surface area contributed by atoms with Gasteiger partial charge in [0.1, 0.15) is 0 Å². The first-order valence-electron chi connectivity index (χ1n) is 9.05. The number of amides is 1. The molecule has 3 aromatic rings. The van der Waals surface area contributed by atoms with Gasteiger partial charge < -0.3 is 9.88 Å². The van der Waals surface area contributed by atoms with Gasteiger partial charge in [-0.15, -0.1) is 0 Å². The second-order valence-electron chi connectivity index (χ2n) is 7.02. The van der Waals surface area contributed by atoms with Crippen LogP contribution < -0.4 is 5.32 Å². The van der Waals surface area contributed by atoms with Crippen molar-refractivity contribution in [2.24, 2.45) is 5.92 Å². The summed E-state index contributed by atoms with van der Waals surface area (Å²) in [7, 11) is 0. The maximum Gasteiger partial charge on any atom is 0.255 e. The van der Waals surface area contributed by atoms with Crippen molar-refractivity contribution in [3.8, 4) is 0 Å². The summed E-state index contributed by atoms with van der Waals surface area (Å²) < 4.78 is 1.98. The first-order chi connectivity index (χ1) is 12.6. The van der Waals surface area contributed by atoms with Gasteiger partial charge in [-0.25, -0.2) is 4.98 Å². The molecule has 0 saturated heterocycles. The fourth-order valence-corrected chi connectivity index (χ4v) is 2.82. The lowest BCUT2D eigenvalue weighted by atomic mass is 10.0. The van der Waals surface area contributed by atoms with E-state index in [1.165, 1.54) is 12.0 Å². The molecule has 1 amide bonds. The number of anilines is 1.